The Morgan fingerprint density at radius 3 is 2.59 bits per heavy atom. The molecule has 0 unspecified atom stereocenters. The van der Waals surface area contributed by atoms with E-state index in [2.05, 4.69) is 0 Å². The van der Waals surface area contributed by atoms with Crippen LogP contribution in [-0.2, 0) is 6.61 Å². The molecule has 0 amide bonds. The zero-order chi connectivity index (χ0) is 12.3. The van der Waals surface area contributed by atoms with Crippen molar-refractivity contribution in [1.29, 1.82) is 0 Å². The van der Waals surface area contributed by atoms with Gasteiger partial charge in [0.25, 0.3) is 0 Å². The van der Waals surface area contributed by atoms with E-state index in [0.29, 0.717) is 10.6 Å². The fourth-order valence-electron chi connectivity index (χ4n) is 1.43. The van der Waals surface area contributed by atoms with Gasteiger partial charge in [0.15, 0.2) is 17.3 Å². The number of halogens is 2. The largest absolute Gasteiger partial charge is 0.452 e. The molecule has 2 nitrogen and oxygen atoms in total. The van der Waals surface area contributed by atoms with E-state index in [4.69, 9.17) is 21.4 Å². The first-order chi connectivity index (χ1) is 8.22. The van der Waals surface area contributed by atoms with Gasteiger partial charge in [-0.2, -0.15) is 0 Å². The van der Waals surface area contributed by atoms with Crippen LogP contribution in [0.5, 0.6) is 11.5 Å². The summed E-state index contributed by atoms with van der Waals surface area (Å²) >= 11 is 5.95. The standard InChI is InChI=1S/C13H10ClFO2/c14-10-5-3-4-9(8-16)13(10)17-12-7-2-1-6-11(12)15/h1-7,16H,8H2. The predicted octanol–water partition coefficient (Wildman–Crippen LogP) is 3.76. The van der Waals surface area contributed by atoms with E-state index in [0.717, 1.165) is 0 Å². The van der Waals surface area contributed by atoms with Crippen LogP contribution in [-0.4, -0.2) is 5.11 Å². The molecule has 0 saturated carbocycles. The molecular formula is C13H10ClFO2. The summed E-state index contributed by atoms with van der Waals surface area (Å²) in [5.74, 6) is -0.117. The zero-order valence-electron chi connectivity index (χ0n) is 8.86. The van der Waals surface area contributed by atoms with Gasteiger partial charge >= 0.3 is 0 Å². The van der Waals surface area contributed by atoms with Crippen LogP contribution < -0.4 is 4.74 Å². The lowest BCUT2D eigenvalue weighted by Crippen LogP contribution is -1.94. The normalized spacial score (nSPS) is 10.3. The molecule has 0 radical (unpaired) electrons. The third-order valence-electron chi connectivity index (χ3n) is 2.27. The second-order valence-electron chi connectivity index (χ2n) is 3.42. The van der Waals surface area contributed by atoms with Gasteiger partial charge in [0.1, 0.15) is 0 Å². The average Bonchev–Trinajstić information content (AvgIpc) is 2.34. The van der Waals surface area contributed by atoms with Crippen LogP contribution in [0.4, 0.5) is 4.39 Å². The van der Waals surface area contributed by atoms with E-state index in [1.54, 1.807) is 30.3 Å². The SMILES string of the molecule is OCc1cccc(Cl)c1Oc1ccccc1F. The molecule has 0 spiro atoms. The quantitative estimate of drug-likeness (QED) is 0.901. The number of rotatable bonds is 3. The lowest BCUT2D eigenvalue weighted by Gasteiger charge is -2.11. The van der Waals surface area contributed by atoms with Crippen LogP contribution >= 0.6 is 11.6 Å². The molecule has 0 heterocycles. The van der Waals surface area contributed by atoms with Gasteiger partial charge in [-0.1, -0.05) is 35.9 Å². The Hall–Kier alpha value is -1.58. The van der Waals surface area contributed by atoms with Gasteiger partial charge in [-0.25, -0.2) is 4.39 Å². The fraction of sp³-hybridized carbons (Fsp3) is 0.0769. The number of ether oxygens (including phenoxy) is 1. The molecule has 0 atom stereocenters. The van der Waals surface area contributed by atoms with Gasteiger partial charge in [-0.3, -0.25) is 0 Å². The highest BCUT2D eigenvalue weighted by atomic mass is 35.5. The van der Waals surface area contributed by atoms with Gasteiger partial charge in [-0.05, 0) is 18.2 Å². The molecule has 0 aliphatic rings. The summed E-state index contributed by atoms with van der Waals surface area (Å²) in [4.78, 5) is 0. The molecule has 0 aliphatic heterocycles. The highest BCUT2D eigenvalue weighted by Crippen LogP contribution is 2.33. The number of aliphatic hydroxyl groups excluding tert-OH is 1. The van der Waals surface area contributed by atoms with Gasteiger partial charge in [0, 0.05) is 5.56 Å². The van der Waals surface area contributed by atoms with Crippen molar-refractivity contribution in [3.8, 4) is 11.5 Å². The molecule has 0 bridgehead atoms. The summed E-state index contributed by atoms with van der Waals surface area (Å²) in [6.45, 7) is -0.218. The summed E-state index contributed by atoms with van der Waals surface area (Å²) in [5.41, 5.74) is 0.515. The Morgan fingerprint density at radius 2 is 1.88 bits per heavy atom. The van der Waals surface area contributed by atoms with E-state index < -0.39 is 5.82 Å². The Labute approximate surface area is 103 Å². The van der Waals surface area contributed by atoms with Gasteiger partial charge in [0.05, 0.1) is 11.6 Å². The topological polar surface area (TPSA) is 29.5 Å². The second-order valence-corrected chi connectivity index (χ2v) is 3.83. The summed E-state index contributed by atoms with van der Waals surface area (Å²) in [6, 6.07) is 11.0. The second kappa shape index (κ2) is 5.17. The average molecular weight is 253 g/mol. The highest BCUT2D eigenvalue weighted by Gasteiger charge is 2.11. The van der Waals surface area contributed by atoms with Gasteiger partial charge < -0.3 is 9.84 Å². The minimum absolute atomic E-state index is 0.0790. The molecule has 2 aromatic rings. The maximum absolute atomic E-state index is 13.4. The van der Waals surface area contributed by atoms with E-state index in [9.17, 15) is 4.39 Å². The van der Waals surface area contributed by atoms with Crippen molar-refractivity contribution in [3.05, 3.63) is 58.9 Å². The van der Waals surface area contributed by atoms with Crippen molar-refractivity contribution >= 4 is 11.6 Å². The maximum atomic E-state index is 13.4. The van der Waals surface area contributed by atoms with Crippen molar-refractivity contribution in [1.82, 2.24) is 0 Å². The lowest BCUT2D eigenvalue weighted by molar-refractivity contribution is 0.276. The molecule has 2 aromatic carbocycles. The van der Waals surface area contributed by atoms with Crippen molar-refractivity contribution in [3.63, 3.8) is 0 Å². The fourth-order valence-corrected chi connectivity index (χ4v) is 1.66. The van der Waals surface area contributed by atoms with Gasteiger partial charge in [-0.15, -0.1) is 0 Å². The van der Waals surface area contributed by atoms with E-state index in [1.807, 2.05) is 0 Å². The Morgan fingerprint density at radius 1 is 1.12 bits per heavy atom. The van der Waals surface area contributed by atoms with Crippen molar-refractivity contribution in [2.75, 3.05) is 0 Å². The van der Waals surface area contributed by atoms with Crippen molar-refractivity contribution < 1.29 is 14.2 Å². The third-order valence-corrected chi connectivity index (χ3v) is 2.57. The molecule has 17 heavy (non-hydrogen) atoms. The molecule has 4 heteroatoms. The maximum Gasteiger partial charge on any atom is 0.165 e. The lowest BCUT2D eigenvalue weighted by atomic mass is 10.2. The predicted molar refractivity (Wildman–Crippen MR) is 63.8 cm³/mol. The summed E-state index contributed by atoms with van der Waals surface area (Å²) in [7, 11) is 0. The van der Waals surface area contributed by atoms with Crippen LogP contribution in [0.2, 0.25) is 5.02 Å². The summed E-state index contributed by atoms with van der Waals surface area (Å²) in [5, 5.41) is 9.49. The molecule has 2 rings (SSSR count). The summed E-state index contributed by atoms with van der Waals surface area (Å²) < 4.78 is 18.8. The van der Waals surface area contributed by atoms with Crippen LogP contribution in [0.3, 0.4) is 0 Å². The third kappa shape index (κ3) is 2.57. The number of benzene rings is 2. The number of para-hydroxylation sites is 2. The molecular weight excluding hydrogens is 243 g/mol. The molecule has 0 aliphatic carbocycles. The smallest absolute Gasteiger partial charge is 0.165 e. The molecule has 0 fully saturated rings. The van der Waals surface area contributed by atoms with Crippen LogP contribution in [0, 0.1) is 5.82 Å². The van der Waals surface area contributed by atoms with Crippen LogP contribution in [0.25, 0.3) is 0 Å². The highest BCUT2D eigenvalue weighted by molar-refractivity contribution is 6.32. The minimum atomic E-state index is -0.476. The molecule has 0 saturated heterocycles. The summed E-state index contributed by atoms with van der Waals surface area (Å²) in [6.07, 6.45) is 0. The van der Waals surface area contributed by atoms with Crippen molar-refractivity contribution in [2.45, 2.75) is 6.61 Å². The Kier molecular flexibility index (Phi) is 3.61. The molecule has 0 aromatic heterocycles. The monoisotopic (exact) mass is 252 g/mol. The molecule has 88 valence electrons. The van der Waals surface area contributed by atoms with E-state index >= 15 is 0 Å². The number of hydrogen-bond acceptors (Lipinski definition) is 2. The Bertz CT molecular complexity index is 529. The first kappa shape index (κ1) is 11.9. The van der Waals surface area contributed by atoms with Gasteiger partial charge in [0.2, 0.25) is 0 Å². The van der Waals surface area contributed by atoms with E-state index in [-0.39, 0.29) is 18.1 Å². The number of aliphatic hydroxyl groups is 1. The first-order valence-electron chi connectivity index (χ1n) is 5.03. The number of hydrogen-bond donors (Lipinski definition) is 1. The Balaban J connectivity index is 2.39. The zero-order valence-corrected chi connectivity index (χ0v) is 9.62. The minimum Gasteiger partial charge on any atom is -0.452 e. The van der Waals surface area contributed by atoms with E-state index in [1.165, 1.54) is 12.1 Å². The first-order valence-corrected chi connectivity index (χ1v) is 5.41. The van der Waals surface area contributed by atoms with Crippen LogP contribution in [0.15, 0.2) is 42.5 Å². The van der Waals surface area contributed by atoms with Crippen LogP contribution in [0.1, 0.15) is 5.56 Å². The molecule has 1 N–H and O–H groups in total. The van der Waals surface area contributed by atoms with Crippen molar-refractivity contribution in [2.24, 2.45) is 0 Å².